The van der Waals surface area contributed by atoms with Gasteiger partial charge in [-0.2, -0.15) is 0 Å². The maximum absolute atomic E-state index is 13.6. The molecule has 39 heavy (non-hydrogen) atoms. The van der Waals surface area contributed by atoms with Crippen molar-refractivity contribution in [3.05, 3.63) is 89.3 Å². The highest BCUT2D eigenvalue weighted by molar-refractivity contribution is 7.21. The van der Waals surface area contributed by atoms with E-state index in [1.165, 1.54) is 23.5 Å². The first-order valence-electron chi connectivity index (χ1n) is 12.1. The number of nitrogens with zero attached hydrogens (tertiary/aromatic N) is 3. The Hall–Kier alpha value is -4.27. The fraction of sp³-hybridized carbons (Fsp3) is 0.100. The first-order valence-corrected chi connectivity index (χ1v) is 13.3. The summed E-state index contributed by atoms with van der Waals surface area (Å²) in [5.74, 6) is -0.257. The topological polar surface area (TPSA) is 71.3 Å². The molecule has 0 aliphatic heterocycles. The van der Waals surface area contributed by atoms with E-state index in [0.29, 0.717) is 38.5 Å². The number of amides is 1. The summed E-state index contributed by atoms with van der Waals surface area (Å²) in [4.78, 5) is 24.1. The minimum atomic E-state index is -0.361. The number of carbonyl (C=O) groups is 1. The van der Waals surface area contributed by atoms with Crippen LogP contribution < -0.4 is 10.2 Å². The molecule has 0 fully saturated rings. The largest absolute Gasteiger partial charge is 0.455 e. The molecule has 3 aromatic heterocycles. The average molecular weight is 557 g/mol. The number of anilines is 1. The predicted molar refractivity (Wildman–Crippen MR) is 156 cm³/mol. The number of hydrogen-bond donors (Lipinski definition) is 1. The van der Waals surface area contributed by atoms with Crippen molar-refractivity contribution < 1.29 is 13.6 Å². The fourth-order valence-corrected chi connectivity index (χ4v) is 5.81. The molecule has 3 heterocycles. The summed E-state index contributed by atoms with van der Waals surface area (Å²) in [6.45, 7) is 0. The van der Waals surface area contributed by atoms with Gasteiger partial charge in [-0.1, -0.05) is 29.8 Å². The number of aromatic nitrogens is 2. The second-order valence-corrected chi connectivity index (χ2v) is 10.7. The van der Waals surface area contributed by atoms with E-state index in [4.69, 9.17) is 21.0 Å². The highest BCUT2D eigenvalue weighted by Crippen LogP contribution is 2.41. The lowest BCUT2D eigenvalue weighted by Crippen LogP contribution is -2.18. The Labute approximate surface area is 232 Å². The Morgan fingerprint density at radius 3 is 2.54 bits per heavy atom. The number of fused-ring (bicyclic) bond motifs is 2. The molecule has 1 amide bonds. The molecule has 0 saturated carbocycles. The maximum Gasteiger partial charge on any atom is 0.255 e. The zero-order chi connectivity index (χ0) is 27.3. The van der Waals surface area contributed by atoms with Crippen LogP contribution in [0.1, 0.15) is 10.4 Å². The second kappa shape index (κ2) is 9.80. The second-order valence-electron chi connectivity index (χ2n) is 9.23. The van der Waals surface area contributed by atoms with Gasteiger partial charge < -0.3 is 14.6 Å². The molecule has 0 bridgehead atoms. The van der Waals surface area contributed by atoms with Gasteiger partial charge in [0, 0.05) is 61.2 Å². The lowest BCUT2D eigenvalue weighted by molar-refractivity contribution is 0.0964. The number of carbonyl (C=O) groups excluding carboxylic acids is 1. The normalized spacial score (nSPS) is 11.3. The van der Waals surface area contributed by atoms with E-state index in [1.54, 1.807) is 25.4 Å². The van der Waals surface area contributed by atoms with Crippen molar-refractivity contribution in [3.63, 3.8) is 0 Å². The van der Waals surface area contributed by atoms with Gasteiger partial charge in [-0.05, 0) is 48.0 Å². The molecule has 0 saturated heterocycles. The van der Waals surface area contributed by atoms with Crippen LogP contribution in [-0.2, 0) is 0 Å². The Bertz CT molecular complexity index is 1880. The molecule has 6 rings (SSSR count). The zero-order valence-corrected chi connectivity index (χ0v) is 22.8. The summed E-state index contributed by atoms with van der Waals surface area (Å²) in [6, 6.07) is 19.8. The van der Waals surface area contributed by atoms with Crippen LogP contribution in [0.2, 0.25) is 5.02 Å². The van der Waals surface area contributed by atoms with E-state index in [2.05, 4.69) is 16.4 Å². The predicted octanol–water partition coefficient (Wildman–Crippen LogP) is 7.66. The number of thiazole rings is 1. The molecule has 0 unspecified atom stereocenters. The third-order valence-corrected chi connectivity index (χ3v) is 7.73. The lowest BCUT2D eigenvalue weighted by Gasteiger charge is -2.18. The SMILES string of the molecule is CNC(=O)c1c(-c2ccc(F)cc2)oc2cc(N(C)C)c(-c3cccc(-c4nc5ncc(Cl)cc5s4)c3)cc12. The van der Waals surface area contributed by atoms with Crippen LogP contribution in [-0.4, -0.2) is 37.0 Å². The fourth-order valence-electron chi connectivity index (χ4n) is 4.63. The van der Waals surface area contributed by atoms with E-state index >= 15 is 0 Å². The van der Waals surface area contributed by atoms with Gasteiger partial charge in [0.1, 0.15) is 22.2 Å². The van der Waals surface area contributed by atoms with Crippen LogP contribution in [0.15, 0.2) is 77.3 Å². The van der Waals surface area contributed by atoms with Gasteiger partial charge in [-0.25, -0.2) is 14.4 Å². The highest BCUT2D eigenvalue weighted by Gasteiger charge is 2.24. The number of halogens is 2. The van der Waals surface area contributed by atoms with Gasteiger partial charge in [0.05, 0.1) is 15.3 Å². The average Bonchev–Trinajstić information content (AvgIpc) is 3.53. The molecule has 1 N–H and O–H groups in total. The number of rotatable bonds is 5. The van der Waals surface area contributed by atoms with E-state index < -0.39 is 0 Å². The summed E-state index contributed by atoms with van der Waals surface area (Å²) in [7, 11) is 5.50. The molecule has 194 valence electrons. The van der Waals surface area contributed by atoms with Gasteiger partial charge >= 0.3 is 0 Å². The molecule has 6 nitrogen and oxygen atoms in total. The Morgan fingerprint density at radius 2 is 1.79 bits per heavy atom. The Balaban J connectivity index is 1.55. The minimum Gasteiger partial charge on any atom is -0.455 e. The smallest absolute Gasteiger partial charge is 0.255 e. The molecule has 6 aromatic rings. The minimum absolute atomic E-state index is 0.286. The highest BCUT2D eigenvalue weighted by atomic mass is 35.5. The van der Waals surface area contributed by atoms with Crippen molar-refractivity contribution in [3.8, 4) is 33.0 Å². The van der Waals surface area contributed by atoms with Gasteiger partial charge in [-0.15, -0.1) is 11.3 Å². The van der Waals surface area contributed by atoms with Crippen LogP contribution >= 0.6 is 22.9 Å². The quantitative estimate of drug-likeness (QED) is 0.236. The summed E-state index contributed by atoms with van der Waals surface area (Å²) < 4.78 is 20.8. The molecule has 9 heteroatoms. The Morgan fingerprint density at radius 1 is 1.03 bits per heavy atom. The van der Waals surface area contributed by atoms with E-state index in [-0.39, 0.29) is 11.7 Å². The van der Waals surface area contributed by atoms with Gasteiger partial charge in [0.2, 0.25) is 0 Å². The Kier molecular flexibility index (Phi) is 6.29. The van der Waals surface area contributed by atoms with Crippen molar-refractivity contribution in [2.45, 2.75) is 0 Å². The molecule has 0 atom stereocenters. The third-order valence-electron chi connectivity index (χ3n) is 6.48. The molecular weight excluding hydrogens is 535 g/mol. The van der Waals surface area contributed by atoms with Crippen molar-refractivity contribution >= 4 is 55.8 Å². The summed E-state index contributed by atoms with van der Waals surface area (Å²) in [5, 5.41) is 4.79. The number of benzene rings is 3. The number of furan rings is 1. The van der Waals surface area contributed by atoms with E-state index in [9.17, 15) is 9.18 Å². The standard InChI is InChI=1S/C30H22ClFN4O2S/c1-33-29(37)26-22-13-21(23(36(2)3)14-24(22)38-27(26)16-7-9-20(32)10-8-16)17-5-4-6-18(11-17)30-35-28-25(39-30)12-19(31)15-34-28/h4-15H,1-3H3,(H,33,37). The van der Waals surface area contributed by atoms with Crippen molar-refractivity contribution in [1.82, 2.24) is 15.3 Å². The molecule has 0 radical (unpaired) electrons. The summed E-state index contributed by atoms with van der Waals surface area (Å²) in [5.41, 5.74) is 5.97. The number of hydrogen-bond acceptors (Lipinski definition) is 6. The molecule has 0 aliphatic rings. The molecular formula is C30H22ClFN4O2S. The van der Waals surface area contributed by atoms with Gasteiger partial charge in [0.25, 0.3) is 5.91 Å². The zero-order valence-electron chi connectivity index (χ0n) is 21.3. The summed E-state index contributed by atoms with van der Waals surface area (Å²) >= 11 is 7.66. The van der Waals surface area contributed by atoms with Crippen LogP contribution in [0.4, 0.5) is 10.1 Å². The first kappa shape index (κ1) is 25.0. The maximum atomic E-state index is 13.6. The molecule has 0 aliphatic carbocycles. The van der Waals surface area contributed by atoms with Crippen LogP contribution in [0.25, 0.3) is 54.3 Å². The van der Waals surface area contributed by atoms with Crippen LogP contribution in [0, 0.1) is 5.82 Å². The van der Waals surface area contributed by atoms with Gasteiger partial charge in [0.15, 0.2) is 5.65 Å². The first-order chi connectivity index (χ1) is 18.8. The van der Waals surface area contributed by atoms with Crippen molar-refractivity contribution in [2.24, 2.45) is 0 Å². The monoisotopic (exact) mass is 556 g/mol. The number of pyridine rings is 1. The van der Waals surface area contributed by atoms with Crippen molar-refractivity contribution in [2.75, 3.05) is 26.0 Å². The van der Waals surface area contributed by atoms with E-state index in [1.807, 2.05) is 55.4 Å². The van der Waals surface area contributed by atoms with Crippen LogP contribution in [0.3, 0.4) is 0 Å². The third kappa shape index (κ3) is 4.51. The number of nitrogens with one attached hydrogen (secondary N) is 1. The van der Waals surface area contributed by atoms with Crippen LogP contribution in [0.5, 0.6) is 0 Å². The summed E-state index contributed by atoms with van der Waals surface area (Å²) in [6.07, 6.45) is 1.59. The van der Waals surface area contributed by atoms with Crippen molar-refractivity contribution in [1.29, 1.82) is 0 Å². The molecule has 0 spiro atoms. The van der Waals surface area contributed by atoms with E-state index in [0.717, 1.165) is 32.1 Å². The molecule has 3 aromatic carbocycles. The lowest BCUT2D eigenvalue weighted by atomic mass is 9.97. The van der Waals surface area contributed by atoms with Gasteiger partial charge in [-0.3, -0.25) is 4.79 Å².